The van der Waals surface area contributed by atoms with Gasteiger partial charge in [0.25, 0.3) is 0 Å². The first kappa shape index (κ1) is 13.4. The smallest absolute Gasteiger partial charge is 0.122 e. The van der Waals surface area contributed by atoms with Crippen LogP contribution in [0.5, 0.6) is 5.75 Å². The van der Waals surface area contributed by atoms with E-state index in [1.165, 1.54) is 42.4 Å². The summed E-state index contributed by atoms with van der Waals surface area (Å²) in [5.74, 6) is 1.75. The van der Waals surface area contributed by atoms with E-state index in [0.717, 1.165) is 5.75 Å². The maximum absolute atomic E-state index is 5.57. The highest BCUT2D eigenvalue weighted by molar-refractivity contribution is 5.43. The Morgan fingerprint density at radius 2 is 1.67 bits per heavy atom. The van der Waals surface area contributed by atoms with Gasteiger partial charge in [-0.1, -0.05) is 6.07 Å². The quantitative estimate of drug-likeness (QED) is 0.882. The minimum Gasteiger partial charge on any atom is -0.496 e. The van der Waals surface area contributed by atoms with E-state index in [1.54, 1.807) is 7.11 Å². The molecule has 0 atom stereocenters. The summed E-state index contributed by atoms with van der Waals surface area (Å²) in [5.41, 5.74) is 4.11. The zero-order valence-corrected chi connectivity index (χ0v) is 12.0. The van der Waals surface area contributed by atoms with Crippen molar-refractivity contribution >= 4 is 0 Å². The van der Waals surface area contributed by atoms with Crippen molar-refractivity contribution in [2.24, 2.45) is 0 Å². The molecule has 0 radical (unpaired) electrons. The molecule has 1 aromatic carbocycles. The van der Waals surface area contributed by atoms with Gasteiger partial charge in [0.15, 0.2) is 0 Å². The topological polar surface area (TPSA) is 21.3 Å². The van der Waals surface area contributed by atoms with Crippen LogP contribution >= 0.6 is 0 Å². The number of rotatable bonds is 3. The fraction of sp³-hybridized carbons (Fsp3) is 0.625. The highest BCUT2D eigenvalue weighted by atomic mass is 16.5. The lowest BCUT2D eigenvalue weighted by atomic mass is 9.80. The lowest BCUT2D eigenvalue weighted by molar-refractivity contribution is 0.345. The van der Waals surface area contributed by atoms with E-state index in [0.29, 0.717) is 12.0 Å². The third-order valence-corrected chi connectivity index (χ3v) is 4.42. The van der Waals surface area contributed by atoms with Crippen LogP contribution in [0.2, 0.25) is 0 Å². The van der Waals surface area contributed by atoms with Crippen molar-refractivity contribution in [2.45, 2.75) is 51.5 Å². The van der Waals surface area contributed by atoms with E-state index in [4.69, 9.17) is 4.74 Å². The van der Waals surface area contributed by atoms with Crippen LogP contribution in [0.3, 0.4) is 0 Å². The summed E-state index contributed by atoms with van der Waals surface area (Å²) in [7, 11) is 3.86. The third-order valence-electron chi connectivity index (χ3n) is 4.42. The minimum absolute atomic E-state index is 0.670. The van der Waals surface area contributed by atoms with Gasteiger partial charge < -0.3 is 10.1 Å². The molecule has 0 saturated heterocycles. The van der Waals surface area contributed by atoms with Gasteiger partial charge in [-0.25, -0.2) is 0 Å². The fourth-order valence-electron chi connectivity index (χ4n) is 3.00. The Morgan fingerprint density at radius 3 is 2.22 bits per heavy atom. The SMILES string of the molecule is CNC1CCC(c2cc(C)c(C)cc2OC)CC1. The molecule has 2 nitrogen and oxygen atoms in total. The predicted molar refractivity (Wildman–Crippen MR) is 76.5 cm³/mol. The second-order valence-corrected chi connectivity index (χ2v) is 5.52. The molecule has 2 rings (SSSR count). The number of hydrogen-bond donors (Lipinski definition) is 1. The number of ether oxygens (including phenoxy) is 1. The Balaban J connectivity index is 2.20. The Labute approximate surface area is 111 Å². The molecule has 2 heteroatoms. The summed E-state index contributed by atoms with van der Waals surface area (Å²) in [4.78, 5) is 0. The van der Waals surface area contributed by atoms with Gasteiger partial charge in [0.1, 0.15) is 5.75 Å². The maximum atomic E-state index is 5.57. The van der Waals surface area contributed by atoms with Crippen LogP contribution in [0, 0.1) is 13.8 Å². The van der Waals surface area contributed by atoms with Crippen LogP contribution in [0.25, 0.3) is 0 Å². The molecule has 0 bridgehead atoms. The van der Waals surface area contributed by atoms with E-state index >= 15 is 0 Å². The van der Waals surface area contributed by atoms with Crippen LogP contribution in [0.1, 0.15) is 48.3 Å². The maximum Gasteiger partial charge on any atom is 0.122 e. The van der Waals surface area contributed by atoms with Gasteiger partial charge >= 0.3 is 0 Å². The molecule has 0 unspecified atom stereocenters. The van der Waals surface area contributed by atoms with Gasteiger partial charge in [0, 0.05) is 6.04 Å². The summed E-state index contributed by atoms with van der Waals surface area (Å²) in [6.45, 7) is 4.34. The van der Waals surface area contributed by atoms with Gasteiger partial charge in [-0.2, -0.15) is 0 Å². The van der Waals surface area contributed by atoms with E-state index in [2.05, 4.69) is 38.3 Å². The van der Waals surface area contributed by atoms with Crippen molar-refractivity contribution < 1.29 is 4.74 Å². The van der Waals surface area contributed by atoms with E-state index in [9.17, 15) is 0 Å². The van der Waals surface area contributed by atoms with Crippen molar-refractivity contribution in [3.63, 3.8) is 0 Å². The normalized spacial score (nSPS) is 24.0. The van der Waals surface area contributed by atoms with Crippen LogP contribution in [-0.2, 0) is 0 Å². The second-order valence-electron chi connectivity index (χ2n) is 5.52. The zero-order valence-electron chi connectivity index (χ0n) is 12.0. The fourth-order valence-corrected chi connectivity index (χ4v) is 3.00. The van der Waals surface area contributed by atoms with Crippen molar-refractivity contribution in [1.29, 1.82) is 0 Å². The Morgan fingerprint density at radius 1 is 1.06 bits per heavy atom. The van der Waals surface area contributed by atoms with Crippen LogP contribution < -0.4 is 10.1 Å². The largest absolute Gasteiger partial charge is 0.496 e. The first-order valence-corrected chi connectivity index (χ1v) is 6.98. The molecule has 0 heterocycles. The van der Waals surface area contributed by atoms with E-state index < -0.39 is 0 Å². The third kappa shape index (κ3) is 2.69. The average molecular weight is 247 g/mol. The predicted octanol–water partition coefficient (Wildman–Crippen LogP) is 3.56. The Hall–Kier alpha value is -1.02. The second kappa shape index (κ2) is 5.75. The average Bonchev–Trinajstić information content (AvgIpc) is 2.41. The molecule has 1 fully saturated rings. The number of nitrogens with one attached hydrogen (secondary N) is 1. The first-order chi connectivity index (χ1) is 8.65. The summed E-state index contributed by atoms with van der Waals surface area (Å²) in [5, 5.41) is 3.39. The first-order valence-electron chi connectivity index (χ1n) is 6.98. The minimum atomic E-state index is 0.670. The Bertz CT molecular complexity index is 406. The van der Waals surface area contributed by atoms with Crippen molar-refractivity contribution in [2.75, 3.05) is 14.2 Å². The van der Waals surface area contributed by atoms with Gasteiger partial charge in [-0.3, -0.25) is 0 Å². The van der Waals surface area contributed by atoms with Gasteiger partial charge in [0.2, 0.25) is 0 Å². The van der Waals surface area contributed by atoms with Crippen LogP contribution in [0.15, 0.2) is 12.1 Å². The van der Waals surface area contributed by atoms with Crippen molar-refractivity contribution in [3.05, 3.63) is 28.8 Å². The molecule has 18 heavy (non-hydrogen) atoms. The number of methoxy groups -OCH3 is 1. The van der Waals surface area contributed by atoms with Crippen molar-refractivity contribution in [1.82, 2.24) is 5.32 Å². The van der Waals surface area contributed by atoms with Crippen LogP contribution in [0.4, 0.5) is 0 Å². The molecule has 100 valence electrons. The number of aryl methyl sites for hydroxylation is 2. The number of benzene rings is 1. The summed E-state index contributed by atoms with van der Waals surface area (Å²) >= 11 is 0. The van der Waals surface area contributed by atoms with Crippen molar-refractivity contribution in [3.8, 4) is 5.75 Å². The molecular formula is C16H25NO. The highest BCUT2D eigenvalue weighted by Crippen LogP contribution is 2.38. The summed E-state index contributed by atoms with van der Waals surface area (Å²) in [6.07, 6.45) is 5.09. The molecule has 0 aromatic heterocycles. The molecule has 1 aliphatic carbocycles. The summed E-state index contributed by atoms with van der Waals surface area (Å²) < 4.78 is 5.57. The van der Waals surface area contributed by atoms with Gasteiger partial charge in [-0.15, -0.1) is 0 Å². The lowest BCUT2D eigenvalue weighted by Crippen LogP contribution is -2.29. The lowest BCUT2D eigenvalue weighted by Gasteiger charge is -2.29. The molecule has 0 amide bonds. The number of hydrogen-bond acceptors (Lipinski definition) is 2. The zero-order chi connectivity index (χ0) is 13.1. The van der Waals surface area contributed by atoms with E-state index in [-0.39, 0.29) is 0 Å². The van der Waals surface area contributed by atoms with Gasteiger partial charge in [-0.05, 0) is 75.3 Å². The molecular weight excluding hydrogens is 222 g/mol. The molecule has 1 aliphatic rings. The van der Waals surface area contributed by atoms with E-state index in [1.807, 2.05) is 0 Å². The monoisotopic (exact) mass is 247 g/mol. The van der Waals surface area contributed by atoms with Crippen LogP contribution in [-0.4, -0.2) is 20.2 Å². The summed E-state index contributed by atoms with van der Waals surface area (Å²) in [6, 6.07) is 5.23. The molecule has 1 N–H and O–H groups in total. The van der Waals surface area contributed by atoms with Gasteiger partial charge in [0.05, 0.1) is 7.11 Å². The molecule has 0 aliphatic heterocycles. The highest BCUT2D eigenvalue weighted by Gasteiger charge is 2.24. The molecule has 0 spiro atoms. The molecule has 1 aromatic rings. The Kier molecular flexibility index (Phi) is 4.28. The molecule has 1 saturated carbocycles. The standard InChI is InChI=1S/C16H25NO/c1-11-9-15(16(18-4)10-12(11)2)13-5-7-14(17-3)8-6-13/h9-10,13-14,17H,5-8H2,1-4H3.